The number of rotatable bonds is 6. The number of aromatic nitrogens is 2. The minimum Gasteiger partial charge on any atom is -0.452 e. The number of hydrogen-bond donors (Lipinski definition) is 1. The standard InChI is InChI=1S/C29H21N3O3/c33-26(30-23-14-8-3-9-15-23)19-35-29(34)22-16-17-24-25(18-22)32-28(21-12-6-2-7-13-21)27(31-24)20-10-4-1-5-11-20/h1-18H,19H2,(H,30,33). The molecule has 0 fully saturated rings. The maximum absolute atomic E-state index is 12.6. The number of carbonyl (C=O) groups is 2. The monoisotopic (exact) mass is 459 g/mol. The first kappa shape index (κ1) is 22.0. The lowest BCUT2D eigenvalue weighted by molar-refractivity contribution is -0.119. The minimum absolute atomic E-state index is 0.297. The van der Waals surface area contributed by atoms with Gasteiger partial charge >= 0.3 is 5.97 Å². The van der Waals surface area contributed by atoms with E-state index in [1.165, 1.54) is 0 Å². The molecule has 0 aliphatic rings. The van der Waals surface area contributed by atoms with Crippen LogP contribution in [0.3, 0.4) is 0 Å². The number of nitrogens with zero attached hydrogens (tertiary/aromatic N) is 2. The maximum atomic E-state index is 12.6. The summed E-state index contributed by atoms with van der Waals surface area (Å²) in [5.74, 6) is -1.02. The van der Waals surface area contributed by atoms with Crippen LogP contribution in [0.1, 0.15) is 10.4 Å². The molecule has 5 aromatic rings. The van der Waals surface area contributed by atoms with Crippen LogP contribution in [-0.2, 0) is 9.53 Å². The fraction of sp³-hybridized carbons (Fsp3) is 0.0345. The van der Waals surface area contributed by atoms with Crippen molar-refractivity contribution in [2.75, 3.05) is 11.9 Å². The summed E-state index contributed by atoms with van der Waals surface area (Å²) in [6.45, 7) is -0.389. The molecular weight excluding hydrogens is 438 g/mol. The Morgan fingerprint density at radius 2 is 1.20 bits per heavy atom. The van der Waals surface area contributed by atoms with Gasteiger partial charge in [-0.25, -0.2) is 14.8 Å². The van der Waals surface area contributed by atoms with Crippen molar-refractivity contribution in [3.63, 3.8) is 0 Å². The zero-order chi connectivity index (χ0) is 24.0. The largest absolute Gasteiger partial charge is 0.452 e. The van der Waals surface area contributed by atoms with Gasteiger partial charge in [0.05, 0.1) is 28.0 Å². The van der Waals surface area contributed by atoms with Crippen molar-refractivity contribution in [2.24, 2.45) is 0 Å². The van der Waals surface area contributed by atoms with Crippen LogP contribution in [0.4, 0.5) is 5.69 Å². The van der Waals surface area contributed by atoms with Gasteiger partial charge in [-0.2, -0.15) is 0 Å². The van der Waals surface area contributed by atoms with E-state index in [1.807, 2.05) is 78.9 Å². The van der Waals surface area contributed by atoms with Gasteiger partial charge in [-0.3, -0.25) is 4.79 Å². The molecule has 170 valence electrons. The van der Waals surface area contributed by atoms with E-state index >= 15 is 0 Å². The highest BCUT2D eigenvalue weighted by atomic mass is 16.5. The van der Waals surface area contributed by atoms with Gasteiger partial charge in [-0.15, -0.1) is 0 Å². The molecule has 4 aromatic carbocycles. The third-order valence-electron chi connectivity index (χ3n) is 5.39. The number of benzene rings is 4. The molecule has 0 aliphatic carbocycles. The first-order chi connectivity index (χ1) is 17.2. The molecule has 0 aliphatic heterocycles. The first-order valence-electron chi connectivity index (χ1n) is 11.1. The summed E-state index contributed by atoms with van der Waals surface area (Å²) < 4.78 is 5.22. The number of esters is 1. The van der Waals surface area contributed by atoms with Crippen molar-refractivity contribution in [3.05, 3.63) is 115 Å². The molecule has 0 bridgehead atoms. The summed E-state index contributed by atoms with van der Waals surface area (Å²) in [6, 6.07) is 33.7. The van der Waals surface area contributed by atoms with Gasteiger partial charge in [0.2, 0.25) is 0 Å². The normalized spacial score (nSPS) is 10.6. The van der Waals surface area contributed by atoms with Crippen molar-refractivity contribution in [3.8, 4) is 22.5 Å². The van der Waals surface area contributed by atoms with E-state index in [4.69, 9.17) is 14.7 Å². The van der Waals surface area contributed by atoms with Gasteiger partial charge in [-0.1, -0.05) is 78.9 Å². The number of nitrogens with one attached hydrogen (secondary N) is 1. The lowest BCUT2D eigenvalue weighted by atomic mass is 10.0. The smallest absolute Gasteiger partial charge is 0.338 e. The van der Waals surface area contributed by atoms with E-state index in [9.17, 15) is 9.59 Å². The molecule has 5 rings (SSSR count). The van der Waals surface area contributed by atoms with Gasteiger partial charge in [-0.05, 0) is 30.3 Å². The Morgan fingerprint density at radius 1 is 0.657 bits per heavy atom. The summed E-state index contributed by atoms with van der Waals surface area (Å²) >= 11 is 0. The molecule has 6 nitrogen and oxygen atoms in total. The fourth-order valence-electron chi connectivity index (χ4n) is 3.71. The van der Waals surface area contributed by atoms with Crippen molar-refractivity contribution in [1.82, 2.24) is 9.97 Å². The van der Waals surface area contributed by atoms with Crippen molar-refractivity contribution in [1.29, 1.82) is 0 Å². The Hall–Kier alpha value is -4.84. The average molecular weight is 460 g/mol. The number of anilines is 1. The van der Waals surface area contributed by atoms with Crippen LogP contribution < -0.4 is 5.32 Å². The average Bonchev–Trinajstić information content (AvgIpc) is 2.92. The quantitative estimate of drug-likeness (QED) is 0.327. The second kappa shape index (κ2) is 9.97. The summed E-state index contributed by atoms with van der Waals surface area (Å²) in [4.78, 5) is 34.5. The van der Waals surface area contributed by atoms with Crippen LogP contribution >= 0.6 is 0 Å². The molecule has 1 heterocycles. The molecule has 1 N–H and O–H groups in total. The maximum Gasteiger partial charge on any atom is 0.338 e. The number of hydrogen-bond acceptors (Lipinski definition) is 5. The van der Waals surface area contributed by atoms with Crippen LogP contribution in [0.25, 0.3) is 33.5 Å². The van der Waals surface area contributed by atoms with Crippen LogP contribution in [0.5, 0.6) is 0 Å². The lowest BCUT2D eigenvalue weighted by Gasteiger charge is -2.11. The third kappa shape index (κ3) is 5.07. The summed E-state index contributed by atoms with van der Waals surface area (Å²) in [6.07, 6.45) is 0. The van der Waals surface area contributed by atoms with Crippen LogP contribution in [0.2, 0.25) is 0 Å². The topological polar surface area (TPSA) is 81.2 Å². The molecule has 6 heteroatoms. The molecule has 1 aromatic heterocycles. The number of fused-ring (bicyclic) bond motifs is 1. The van der Waals surface area contributed by atoms with E-state index in [2.05, 4.69) is 5.32 Å². The second-order valence-corrected chi connectivity index (χ2v) is 7.85. The molecule has 0 saturated heterocycles. The van der Waals surface area contributed by atoms with E-state index in [0.717, 1.165) is 22.5 Å². The molecule has 0 saturated carbocycles. The van der Waals surface area contributed by atoms with Crippen LogP contribution in [-0.4, -0.2) is 28.5 Å². The van der Waals surface area contributed by atoms with Gasteiger partial charge in [0, 0.05) is 16.8 Å². The van der Waals surface area contributed by atoms with Crippen molar-refractivity contribution in [2.45, 2.75) is 0 Å². The van der Waals surface area contributed by atoms with Crippen molar-refractivity contribution < 1.29 is 14.3 Å². The highest BCUT2D eigenvalue weighted by Crippen LogP contribution is 2.31. The summed E-state index contributed by atoms with van der Waals surface area (Å²) in [5.41, 5.74) is 5.51. The SMILES string of the molecule is O=C(COC(=O)c1ccc2nc(-c3ccccc3)c(-c3ccccc3)nc2c1)Nc1ccccc1. The van der Waals surface area contributed by atoms with Crippen LogP contribution in [0.15, 0.2) is 109 Å². The Morgan fingerprint density at radius 3 is 1.80 bits per heavy atom. The predicted molar refractivity (Wildman–Crippen MR) is 136 cm³/mol. The number of amides is 1. The first-order valence-corrected chi connectivity index (χ1v) is 11.1. The highest BCUT2D eigenvalue weighted by Gasteiger charge is 2.16. The third-order valence-corrected chi connectivity index (χ3v) is 5.39. The Labute approximate surface area is 202 Å². The van der Waals surface area contributed by atoms with Gasteiger partial charge in [0.1, 0.15) is 0 Å². The zero-order valence-electron chi connectivity index (χ0n) is 18.7. The molecule has 1 amide bonds. The highest BCUT2D eigenvalue weighted by molar-refractivity contribution is 5.97. The van der Waals surface area contributed by atoms with E-state index in [-0.39, 0.29) is 6.61 Å². The number of para-hydroxylation sites is 1. The van der Waals surface area contributed by atoms with Gasteiger partial charge < -0.3 is 10.1 Å². The molecule has 0 spiro atoms. The number of carbonyl (C=O) groups excluding carboxylic acids is 2. The molecular formula is C29H21N3O3. The van der Waals surface area contributed by atoms with E-state index < -0.39 is 11.9 Å². The molecule has 35 heavy (non-hydrogen) atoms. The van der Waals surface area contributed by atoms with Gasteiger partial charge in [0.15, 0.2) is 6.61 Å². The second-order valence-electron chi connectivity index (χ2n) is 7.85. The minimum atomic E-state index is -0.606. The van der Waals surface area contributed by atoms with Crippen LogP contribution in [0, 0.1) is 0 Å². The summed E-state index contributed by atoms with van der Waals surface area (Å²) in [7, 11) is 0. The summed E-state index contributed by atoms with van der Waals surface area (Å²) in [5, 5.41) is 2.69. The van der Waals surface area contributed by atoms with Gasteiger partial charge in [0.25, 0.3) is 5.91 Å². The Balaban J connectivity index is 1.42. The predicted octanol–water partition coefficient (Wildman–Crippen LogP) is 5.76. The fourth-order valence-corrected chi connectivity index (χ4v) is 3.71. The van der Waals surface area contributed by atoms with E-state index in [0.29, 0.717) is 22.3 Å². The number of ether oxygens (including phenoxy) is 1. The van der Waals surface area contributed by atoms with E-state index in [1.54, 1.807) is 30.3 Å². The molecule has 0 atom stereocenters. The molecule has 0 radical (unpaired) electrons. The Kier molecular flexibility index (Phi) is 6.26. The Bertz CT molecular complexity index is 1490. The molecule has 0 unspecified atom stereocenters. The lowest BCUT2D eigenvalue weighted by Crippen LogP contribution is -2.20. The van der Waals surface area contributed by atoms with Crippen molar-refractivity contribution >= 4 is 28.6 Å². The zero-order valence-corrected chi connectivity index (χ0v) is 18.7.